The molecule has 2 atom stereocenters. The highest BCUT2D eigenvalue weighted by Crippen LogP contribution is 2.21. The number of rotatable bonds is 2. The standard InChI is InChI=1S/C23H23N3O3/c27-22-14-6-2-5-13-21(26-15-18-11-7-8-12-19(18)25-26)23(28)29-16-20(24-22)17-9-3-1-4-10-17/h1-5,7-12,15,20-21H,6,13-14,16H2,(H,24,27)/t20-,21+/m0/s1. The van der Waals surface area contributed by atoms with E-state index in [2.05, 4.69) is 10.4 Å². The topological polar surface area (TPSA) is 73.2 Å². The highest BCUT2D eigenvalue weighted by molar-refractivity contribution is 5.80. The van der Waals surface area contributed by atoms with E-state index in [1.807, 2.05) is 72.9 Å². The average molecular weight is 389 g/mol. The third-order valence-electron chi connectivity index (χ3n) is 5.02. The van der Waals surface area contributed by atoms with Gasteiger partial charge in [0.2, 0.25) is 5.91 Å². The van der Waals surface area contributed by atoms with E-state index in [1.165, 1.54) is 0 Å². The van der Waals surface area contributed by atoms with E-state index in [1.54, 1.807) is 4.68 Å². The quantitative estimate of drug-likeness (QED) is 0.536. The summed E-state index contributed by atoms with van der Waals surface area (Å²) in [5.41, 5.74) is 1.74. The first kappa shape index (κ1) is 18.9. The third-order valence-corrected chi connectivity index (χ3v) is 5.02. The van der Waals surface area contributed by atoms with Crippen molar-refractivity contribution < 1.29 is 14.3 Å². The molecule has 3 aromatic rings. The Labute approximate surface area is 169 Å². The van der Waals surface area contributed by atoms with E-state index in [9.17, 15) is 9.59 Å². The molecule has 4 rings (SSSR count). The molecule has 29 heavy (non-hydrogen) atoms. The molecule has 1 N–H and O–H groups in total. The molecule has 0 bridgehead atoms. The summed E-state index contributed by atoms with van der Waals surface area (Å²) in [4.78, 5) is 25.2. The van der Waals surface area contributed by atoms with E-state index in [4.69, 9.17) is 4.74 Å². The van der Waals surface area contributed by atoms with Crippen LogP contribution >= 0.6 is 0 Å². The molecule has 0 fully saturated rings. The molecule has 148 valence electrons. The summed E-state index contributed by atoms with van der Waals surface area (Å²) in [5, 5.41) is 8.51. The van der Waals surface area contributed by atoms with Crippen LogP contribution in [0.2, 0.25) is 0 Å². The van der Waals surface area contributed by atoms with Gasteiger partial charge in [0.15, 0.2) is 6.04 Å². The molecular formula is C23H23N3O3. The zero-order valence-corrected chi connectivity index (χ0v) is 16.0. The van der Waals surface area contributed by atoms with E-state index in [0.29, 0.717) is 19.3 Å². The van der Waals surface area contributed by atoms with Crippen molar-refractivity contribution in [3.05, 3.63) is 78.5 Å². The number of allylic oxidation sites excluding steroid dienone is 2. The van der Waals surface area contributed by atoms with Gasteiger partial charge in [-0.2, -0.15) is 5.10 Å². The smallest absolute Gasteiger partial charge is 0.331 e. The molecule has 6 heteroatoms. The maximum Gasteiger partial charge on any atom is 0.331 e. The van der Waals surface area contributed by atoms with Crippen molar-refractivity contribution in [3.8, 4) is 0 Å². The monoisotopic (exact) mass is 389 g/mol. The van der Waals surface area contributed by atoms with E-state index >= 15 is 0 Å². The van der Waals surface area contributed by atoms with Crippen molar-refractivity contribution in [3.63, 3.8) is 0 Å². The molecule has 1 aliphatic heterocycles. The molecule has 6 nitrogen and oxygen atoms in total. The number of nitrogens with zero attached hydrogens (tertiary/aromatic N) is 2. The number of esters is 1. The van der Waals surface area contributed by atoms with Gasteiger partial charge in [0, 0.05) is 18.0 Å². The van der Waals surface area contributed by atoms with Gasteiger partial charge in [0.25, 0.3) is 0 Å². The Hall–Kier alpha value is -3.41. The van der Waals surface area contributed by atoms with Crippen LogP contribution in [0.1, 0.15) is 36.9 Å². The van der Waals surface area contributed by atoms with Gasteiger partial charge in [0.1, 0.15) is 6.61 Å². The van der Waals surface area contributed by atoms with Crippen LogP contribution in [0.15, 0.2) is 72.9 Å². The molecule has 2 heterocycles. The molecule has 2 aromatic carbocycles. The van der Waals surface area contributed by atoms with Gasteiger partial charge in [-0.3, -0.25) is 9.48 Å². The number of hydrogen-bond acceptors (Lipinski definition) is 4. The molecule has 0 unspecified atom stereocenters. The number of nitrogens with one attached hydrogen (secondary N) is 1. The lowest BCUT2D eigenvalue weighted by molar-refractivity contribution is -0.149. The maximum atomic E-state index is 12.9. The zero-order valence-electron chi connectivity index (χ0n) is 16.0. The summed E-state index contributed by atoms with van der Waals surface area (Å²) < 4.78 is 7.32. The van der Waals surface area contributed by atoms with Gasteiger partial charge in [-0.1, -0.05) is 60.7 Å². The Morgan fingerprint density at radius 2 is 1.79 bits per heavy atom. The lowest BCUT2D eigenvalue weighted by Crippen LogP contribution is -2.33. The molecule has 1 aliphatic rings. The summed E-state index contributed by atoms with van der Waals surface area (Å²) in [6.45, 7) is 0.0790. The number of amides is 1. The largest absolute Gasteiger partial charge is 0.462 e. The van der Waals surface area contributed by atoms with E-state index in [-0.39, 0.29) is 24.5 Å². The van der Waals surface area contributed by atoms with Gasteiger partial charge in [0.05, 0.1) is 11.6 Å². The summed E-state index contributed by atoms with van der Waals surface area (Å²) in [6.07, 6.45) is 7.20. The minimum Gasteiger partial charge on any atom is -0.462 e. The number of fused-ring (bicyclic) bond motifs is 1. The number of benzene rings is 2. The highest BCUT2D eigenvalue weighted by atomic mass is 16.5. The number of cyclic esters (lactones) is 1. The van der Waals surface area contributed by atoms with Crippen molar-refractivity contribution >= 4 is 22.8 Å². The van der Waals surface area contributed by atoms with Crippen molar-refractivity contribution in [2.45, 2.75) is 31.3 Å². The van der Waals surface area contributed by atoms with Crippen LogP contribution in [0.3, 0.4) is 0 Å². The Balaban J connectivity index is 1.60. The van der Waals surface area contributed by atoms with Crippen molar-refractivity contribution in [1.29, 1.82) is 0 Å². The second-order valence-electron chi connectivity index (χ2n) is 7.09. The maximum absolute atomic E-state index is 12.9. The first-order chi connectivity index (χ1) is 14.2. The summed E-state index contributed by atoms with van der Waals surface area (Å²) >= 11 is 0. The first-order valence-corrected chi connectivity index (χ1v) is 9.80. The predicted octanol–water partition coefficient (Wildman–Crippen LogP) is 3.72. The number of carbonyl (C=O) groups is 2. The van der Waals surface area contributed by atoms with E-state index in [0.717, 1.165) is 16.5 Å². The fourth-order valence-corrected chi connectivity index (χ4v) is 3.45. The van der Waals surface area contributed by atoms with E-state index < -0.39 is 6.04 Å². The van der Waals surface area contributed by atoms with Gasteiger partial charge in [-0.05, 0) is 24.5 Å². The first-order valence-electron chi connectivity index (χ1n) is 9.80. The Morgan fingerprint density at radius 1 is 1.00 bits per heavy atom. The van der Waals surface area contributed by atoms with Crippen LogP contribution in [0.5, 0.6) is 0 Å². The van der Waals surface area contributed by atoms with Crippen LogP contribution in [0.4, 0.5) is 0 Å². The van der Waals surface area contributed by atoms with Gasteiger partial charge in [-0.15, -0.1) is 0 Å². The predicted molar refractivity (Wildman–Crippen MR) is 110 cm³/mol. The van der Waals surface area contributed by atoms with Gasteiger partial charge < -0.3 is 10.1 Å². The molecule has 0 radical (unpaired) electrons. The minimum absolute atomic E-state index is 0.0602. The molecule has 1 aromatic heterocycles. The zero-order chi connectivity index (χ0) is 20.1. The van der Waals surface area contributed by atoms with Crippen LogP contribution < -0.4 is 5.32 Å². The summed E-state index contributed by atoms with van der Waals surface area (Å²) in [5.74, 6) is -0.423. The lowest BCUT2D eigenvalue weighted by Gasteiger charge is -2.22. The second kappa shape index (κ2) is 8.73. The Kier molecular flexibility index (Phi) is 5.70. The highest BCUT2D eigenvalue weighted by Gasteiger charge is 2.25. The number of hydrogen-bond donors (Lipinski definition) is 1. The second-order valence-corrected chi connectivity index (χ2v) is 7.09. The number of carbonyl (C=O) groups excluding carboxylic acids is 2. The van der Waals surface area contributed by atoms with Crippen LogP contribution in [-0.4, -0.2) is 28.3 Å². The normalized spacial score (nSPS) is 21.1. The van der Waals surface area contributed by atoms with Crippen LogP contribution in [0, 0.1) is 0 Å². The molecule has 0 aliphatic carbocycles. The minimum atomic E-state index is -0.551. The Bertz CT molecular complexity index is 993. The summed E-state index contributed by atoms with van der Waals surface area (Å²) in [6, 6.07) is 16.4. The van der Waals surface area contributed by atoms with Gasteiger partial charge >= 0.3 is 5.97 Å². The molecule has 1 amide bonds. The van der Waals surface area contributed by atoms with Crippen LogP contribution in [0.25, 0.3) is 10.9 Å². The molecule has 0 saturated carbocycles. The number of aromatic nitrogens is 2. The average Bonchev–Trinajstić information content (AvgIpc) is 3.17. The molecule has 0 saturated heterocycles. The van der Waals surface area contributed by atoms with Crippen molar-refractivity contribution in [2.24, 2.45) is 0 Å². The molecule has 0 spiro atoms. The third kappa shape index (κ3) is 4.54. The van der Waals surface area contributed by atoms with Crippen molar-refractivity contribution in [1.82, 2.24) is 15.1 Å². The fourth-order valence-electron chi connectivity index (χ4n) is 3.45. The van der Waals surface area contributed by atoms with Crippen LogP contribution in [-0.2, 0) is 14.3 Å². The SMILES string of the molecule is O=C1CCC=CC[C@@H](n2cc3ccccc3n2)C(=O)OC[C@@H](c2ccccc2)N1. The lowest BCUT2D eigenvalue weighted by atomic mass is 10.1. The number of ether oxygens (including phenoxy) is 1. The van der Waals surface area contributed by atoms with Crippen molar-refractivity contribution in [2.75, 3.05) is 6.61 Å². The molecular weight excluding hydrogens is 366 g/mol. The summed E-state index contributed by atoms with van der Waals surface area (Å²) in [7, 11) is 0. The van der Waals surface area contributed by atoms with Gasteiger partial charge in [-0.25, -0.2) is 4.79 Å². The Morgan fingerprint density at radius 3 is 2.62 bits per heavy atom. The fraction of sp³-hybridized carbons (Fsp3) is 0.261.